The smallest absolute Gasteiger partial charge is 0.123 e. The number of hydrogen-bond donors (Lipinski definition) is 2. The summed E-state index contributed by atoms with van der Waals surface area (Å²) in [4.78, 5) is 0. The molecule has 1 aliphatic rings. The summed E-state index contributed by atoms with van der Waals surface area (Å²) in [6, 6.07) is 4.91. The molecule has 4 heteroatoms. The fourth-order valence-corrected chi connectivity index (χ4v) is 3.54. The van der Waals surface area contributed by atoms with Crippen LogP contribution in [0.1, 0.15) is 56.7 Å². The van der Waals surface area contributed by atoms with Gasteiger partial charge in [-0.3, -0.25) is 11.3 Å². The Bertz CT molecular complexity index is 450. The van der Waals surface area contributed by atoms with Crippen LogP contribution in [0.25, 0.3) is 0 Å². The monoisotopic (exact) mass is 294 g/mol. The number of nitrogens with one attached hydrogen (secondary N) is 1. The van der Waals surface area contributed by atoms with Crippen LogP contribution in [0.2, 0.25) is 0 Å². The minimum atomic E-state index is -0.337. The third-order valence-corrected chi connectivity index (χ3v) is 4.64. The van der Waals surface area contributed by atoms with Gasteiger partial charge in [-0.25, -0.2) is 4.39 Å². The molecule has 21 heavy (non-hydrogen) atoms. The first-order chi connectivity index (χ1) is 10.0. The quantitative estimate of drug-likeness (QED) is 0.644. The van der Waals surface area contributed by atoms with Crippen LogP contribution in [0.3, 0.4) is 0 Å². The molecule has 1 atom stereocenters. The minimum Gasteiger partial charge on any atom is -0.373 e. The summed E-state index contributed by atoms with van der Waals surface area (Å²) < 4.78 is 19.9. The van der Waals surface area contributed by atoms with E-state index in [1.807, 2.05) is 19.9 Å². The van der Waals surface area contributed by atoms with E-state index in [2.05, 4.69) is 12.3 Å². The van der Waals surface area contributed by atoms with Crippen molar-refractivity contribution in [2.24, 2.45) is 11.8 Å². The summed E-state index contributed by atoms with van der Waals surface area (Å²) in [5.74, 6) is 6.33. The summed E-state index contributed by atoms with van der Waals surface area (Å²) in [5, 5.41) is 0. The van der Waals surface area contributed by atoms with Crippen molar-refractivity contribution < 1.29 is 9.13 Å². The highest BCUT2D eigenvalue weighted by atomic mass is 19.1. The van der Waals surface area contributed by atoms with Gasteiger partial charge in [-0.05, 0) is 68.7 Å². The molecule has 0 aliphatic heterocycles. The molecule has 0 amide bonds. The highest BCUT2D eigenvalue weighted by Crippen LogP contribution is 2.43. The number of hydrazine groups is 1. The first kappa shape index (κ1) is 16.4. The first-order valence-corrected chi connectivity index (χ1v) is 7.88. The molecule has 1 aliphatic carbocycles. The van der Waals surface area contributed by atoms with Gasteiger partial charge in [-0.2, -0.15) is 0 Å². The molecular weight excluding hydrogens is 267 g/mol. The Kier molecular flexibility index (Phi) is 5.36. The Balaban J connectivity index is 2.35. The number of nitrogens with two attached hydrogens (primary N) is 1. The molecule has 1 fully saturated rings. The van der Waals surface area contributed by atoms with Gasteiger partial charge in [0.2, 0.25) is 0 Å². The molecule has 0 radical (unpaired) electrons. The molecule has 1 saturated carbocycles. The first-order valence-electron chi connectivity index (χ1n) is 7.88. The fourth-order valence-electron chi connectivity index (χ4n) is 3.54. The third-order valence-electron chi connectivity index (χ3n) is 4.64. The molecule has 3 N–H and O–H groups in total. The maximum atomic E-state index is 13.8. The van der Waals surface area contributed by atoms with E-state index in [1.165, 1.54) is 6.07 Å². The zero-order valence-corrected chi connectivity index (χ0v) is 13.3. The van der Waals surface area contributed by atoms with Crippen molar-refractivity contribution in [3.8, 4) is 0 Å². The molecular formula is C17H27FN2O. The van der Waals surface area contributed by atoms with Crippen molar-refractivity contribution in [1.29, 1.82) is 0 Å². The largest absolute Gasteiger partial charge is 0.373 e. The molecule has 1 aromatic rings. The van der Waals surface area contributed by atoms with Crippen molar-refractivity contribution in [2.45, 2.75) is 58.1 Å². The van der Waals surface area contributed by atoms with Gasteiger partial charge < -0.3 is 4.74 Å². The average Bonchev–Trinajstić information content (AvgIpc) is 2.42. The highest BCUT2D eigenvalue weighted by molar-refractivity contribution is 5.28. The number of rotatable bonds is 5. The van der Waals surface area contributed by atoms with Crippen LogP contribution in [0, 0.1) is 18.7 Å². The molecule has 0 heterocycles. The van der Waals surface area contributed by atoms with Gasteiger partial charge in [0, 0.05) is 6.61 Å². The lowest BCUT2D eigenvalue weighted by Crippen LogP contribution is -2.50. The van der Waals surface area contributed by atoms with Gasteiger partial charge in [0.25, 0.3) is 0 Å². The Morgan fingerprint density at radius 2 is 2.05 bits per heavy atom. The average molecular weight is 294 g/mol. The van der Waals surface area contributed by atoms with Gasteiger partial charge in [0.15, 0.2) is 0 Å². The number of ether oxygens (including phenoxy) is 1. The van der Waals surface area contributed by atoms with Gasteiger partial charge in [-0.1, -0.05) is 13.0 Å². The molecule has 0 aromatic heterocycles. The van der Waals surface area contributed by atoms with Crippen molar-refractivity contribution in [3.05, 3.63) is 35.1 Å². The van der Waals surface area contributed by atoms with E-state index in [0.29, 0.717) is 12.5 Å². The van der Waals surface area contributed by atoms with E-state index in [4.69, 9.17) is 10.6 Å². The van der Waals surface area contributed by atoms with Crippen molar-refractivity contribution >= 4 is 0 Å². The third kappa shape index (κ3) is 3.62. The minimum absolute atomic E-state index is 0.181. The van der Waals surface area contributed by atoms with Gasteiger partial charge in [0.05, 0.1) is 11.6 Å². The van der Waals surface area contributed by atoms with E-state index >= 15 is 0 Å². The van der Waals surface area contributed by atoms with Crippen molar-refractivity contribution in [2.75, 3.05) is 6.61 Å². The lowest BCUT2D eigenvalue weighted by Gasteiger charge is -2.44. The van der Waals surface area contributed by atoms with Crippen LogP contribution >= 0.6 is 0 Å². The number of halogens is 1. The zero-order valence-electron chi connectivity index (χ0n) is 13.3. The van der Waals surface area contributed by atoms with Crippen LogP contribution < -0.4 is 11.3 Å². The Labute approximate surface area is 127 Å². The zero-order chi connectivity index (χ0) is 15.5. The lowest BCUT2D eigenvalue weighted by atomic mass is 9.73. The standard InChI is InChI=1S/C17H27FN2O/c1-4-21-17(7-5-12(2)6-8-17)16(20-19)14-9-13(3)10-15(18)11-14/h9-12,16,20H,4-8,19H2,1-3H3. The van der Waals surface area contributed by atoms with Gasteiger partial charge in [-0.15, -0.1) is 0 Å². The lowest BCUT2D eigenvalue weighted by molar-refractivity contribution is -0.0977. The molecule has 0 bridgehead atoms. The maximum Gasteiger partial charge on any atom is 0.123 e. The van der Waals surface area contributed by atoms with E-state index in [0.717, 1.165) is 36.8 Å². The van der Waals surface area contributed by atoms with Crippen LogP contribution in [0.5, 0.6) is 0 Å². The van der Waals surface area contributed by atoms with Crippen LogP contribution in [-0.2, 0) is 4.74 Å². The molecule has 0 saturated heterocycles. The summed E-state index contributed by atoms with van der Waals surface area (Å²) in [5.41, 5.74) is 4.33. The van der Waals surface area contributed by atoms with Crippen molar-refractivity contribution in [3.63, 3.8) is 0 Å². The van der Waals surface area contributed by atoms with E-state index < -0.39 is 0 Å². The second-order valence-corrected chi connectivity index (χ2v) is 6.34. The van der Waals surface area contributed by atoms with E-state index in [-0.39, 0.29) is 17.5 Å². The number of aryl methyl sites for hydroxylation is 1. The predicted molar refractivity (Wildman–Crippen MR) is 83.2 cm³/mol. The highest BCUT2D eigenvalue weighted by Gasteiger charge is 2.42. The van der Waals surface area contributed by atoms with Crippen LogP contribution in [-0.4, -0.2) is 12.2 Å². The molecule has 118 valence electrons. The second-order valence-electron chi connectivity index (χ2n) is 6.34. The van der Waals surface area contributed by atoms with Crippen LogP contribution in [0.4, 0.5) is 4.39 Å². The summed E-state index contributed by atoms with van der Waals surface area (Å²) in [6.45, 7) is 6.81. The topological polar surface area (TPSA) is 47.3 Å². The van der Waals surface area contributed by atoms with Gasteiger partial charge >= 0.3 is 0 Å². The van der Waals surface area contributed by atoms with E-state index in [1.54, 1.807) is 6.07 Å². The molecule has 3 nitrogen and oxygen atoms in total. The predicted octanol–water partition coefficient (Wildman–Crippen LogP) is 3.62. The Morgan fingerprint density at radius 1 is 1.38 bits per heavy atom. The SMILES string of the molecule is CCOC1(C(NN)c2cc(C)cc(F)c2)CCC(C)CC1. The number of benzene rings is 1. The summed E-state index contributed by atoms with van der Waals surface area (Å²) in [7, 11) is 0. The molecule has 1 aromatic carbocycles. The van der Waals surface area contributed by atoms with E-state index in [9.17, 15) is 4.39 Å². The molecule has 2 rings (SSSR count). The molecule has 1 unspecified atom stereocenters. The van der Waals surface area contributed by atoms with Crippen molar-refractivity contribution in [1.82, 2.24) is 5.43 Å². The maximum absolute atomic E-state index is 13.8. The summed E-state index contributed by atoms with van der Waals surface area (Å²) in [6.07, 6.45) is 4.14. The Hall–Kier alpha value is -0.970. The number of hydrogen-bond acceptors (Lipinski definition) is 3. The summed E-state index contributed by atoms with van der Waals surface area (Å²) >= 11 is 0. The van der Waals surface area contributed by atoms with Gasteiger partial charge in [0.1, 0.15) is 5.82 Å². The second kappa shape index (κ2) is 6.86. The fraction of sp³-hybridized carbons (Fsp3) is 0.647. The molecule has 0 spiro atoms. The Morgan fingerprint density at radius 3 is 2.57 bits per heavy atom. The van der Waals surface area contributed by atoms with Crippen LogP contribution in [0.15, 0.2) is 18.2 Å². The normalized spacial score (nSPS) is 27.6.